The monoisotopic (exact) mass is 354 g/mol. The van der Waals surface area contributed by atoms with Crippen molar-refractivity contribution in [1.82, 2.24) is 0 Å². The molecule has 0 bridgehead atoms. The van der Waals surface area contributed by atoms with E-state index < -0.39 is 12.1 Å². The van der Waals surface area contributed by atoms with Crippen LogP contribution in [0.25, 0.3) is 0 Å². The summed E-state index contributed by atoms with van der Waals surface area (Å²) in [4.78, 5) is 24.2. The molecule has 1 aromatic heterocycles. The van der Waals surface area contributed by atoms with E-state index in [4.69, 9.17) is 32.4 Å². The molecule has 1 aliphatic heterocycles. The molecule has 2 heterocycles. The number of benzene rings is 1. The minimum atomic E-state index is -0.792. The summed E-state index contributed by atoms with van der Waals surface area (Å²) >= 11 is 12.4. The fourth-order valence-electron chi connectivity index (χ4n) is 2.44. The minimum Gasteiger partial charge on any atom is -0.476 e. The lowest BCUT2D eigenvalue weighted by molar-refractivity contribution is -0.147. The summed E-state index contributed by atoms with van der Waals surface area (Å²) < 4.78 is 15.5. The van der Waals surface area contributed by atoms with Crippen molar-refractivity contribution in [2.24, 2.45) is 0 Å². The maximum absolute atomic E-state index is 12.5. The van der Waals surface area contributed by atoms with Crippen molar-refractivity contribution >= 4 is 35.0 Å². The quantitative estimate of drug-likeness (QED) is 0.622. The van der Waals surface area contributed by atoms with Crippen molar-refractivity contribution in [3.05, 3.63) is 50.9 Å². The molecule has 0 saturated carbocycles. The predicted octanol–water partition coefficient (Wildman–Crippen LogP) is 3.60. The van der Waals surface area contributed by atoms with Crippen LogP contribution in [-0.2, 0) is 16.0 Å². The van der Waals surface area contributed by atoms with Crippen LogP contribution in [0.4, 0.5) is 0 Å². The van der Waals surface area contributed by atoms with E-state index in [1.807, 2.05) is 0 Å². The molecule has 1 aromatic carbocycles. The van der Waals surface area contributed by atoms with Crippen LogP contribution >= 0.6 is 23.2 Å². The number of ether oxygens (including phenoxy) is 2. The smallest absolute Gasteiger partial charge is 0.347 e. The molecule has 5 nitrogen and oxygen atoms in total. The SMILES string of the molecule is COC(=O)C1Cc2cc(C(=O)c3ccc(C)o3)c(Cl)c(Cl)c2O1. The summed E-state index contributed by atoms with van der Waals surface area (Å²) in [6, 6.07) is 4.84. The fraction of sp³-hybridized carbons (Fsp3) is 0.250. The first-order chi connectivity index (χ1) is 10.9. The molecule has 0 radical (unpaired) electrons. The van der Waals surface area contributed by atoms with Crippen LogP contribution in [-0.4, -0.2) is 25.0 Å². The van der Waals surface area contributed by atoms with E-state index in [1.165, 1.54) is 7.11 Å². The number of fused-ring (bicyclic) bond motifs is 1. The molecule has 23 heavy (non-hydrogen) atoms. The molecule has 0 fully saturated rings. The summed E-state index contributed by atoms with van der Waals surface area (Å²) in [5, 5.41) is 0.164. The number of hydrogen-bond acceptors (Lipinski definition) is 5. The van der Waals surface area contributed by atoms with Gasteiger partial charge >= 0.3 is 5.97 Å². The molecule has 7 heteroatoms. The van der Waals surface area contributed by atoms with Gasteiger partial charge in [0.25, 0.3) is 0 Å². The molecule has 120 valence electrons. The fourth-order valence-corrected chi connectivity index (χ4v) is 2.94. The summed E-state index contributed by atoms with van der Waals surface area (Å²) in [5.74, 6) is 0.200. The number of methoxy groups -OCH3 is 1. The second-order valence-corrected chi connectivity index (χ2v) is 5.87. The van der Waals surface area contributed by atoms with Gasteiger partial charge in [-0.05, 0) is 25.1 Å². The van der Waals surface area contributed by atoms with Crippen molar-refractivity contribution in [3.63, 3.8) is 0 Å². The third kappa shape index (κ3) is 2.71. The Hall–Kier alpha value is -1.98. The van der Waals surface area contributed by atoms with Gasteiger partial charge in [0.2, 0.25) is 5.78 Å². The molecule has 0 saturated heterocycles. The van der Waals surface area contributed by atoms with Crippen LogP contribution in [0.3, 0.4) is 0 Å². The number of ketones is 1. The summed E-state index contributed by atoms with van der Waals surface area (Å²) in [7, 11) is 1.28. The Bertz CT molecular complexity index is 809. The van der Waals surface area contributed by atoms with Crippen LogP contribution < -0.4 is 4.74 Å². The van der Waals surface area contributed by atoms with Gasteiger partial charge in [0.05, 0.1) is 12.1 Å². The van der Waals surface area contributed by atoms with Gasteiger partial charge in [0.1, 0.15) is 16.5 Å². The average molecular weight is 355 g/mol. The molecule has 3 rings (SSSR count). The molecule has 0 N–H and O–H groups in total. The molecular formula is C16H12Cl2O5. The largest absolute Gasteiger partial charge is 0.476 e. The highest BCUT2D eigenvalue weighted by Gasteiger charge is 2.34. The Morgan fingerprint density at radius 2 is 2.00 bits per heavy atom. The van der Waals surface area contributed by atoms with Gasteiger partial charge in [-0.2, -0.15) is 0 Å². The van der Waals surface area contributed by atoms with Gasteiger partial charge in [0.15, 0.2) is 11.9 Å². The Labute approximate surface area is 142 Å². The van der Waals surface area contributed by atoms with Crippen LogP contribution in [0.1, 0.15) is 27.4 Å². The van der Waals surface area contributed by atoms with Gasteiger partial charge in [0, 0.05) is 17.5 Å². The van der Waals surface area contributed by atoms with Crippen molar-refractivity contribution in [3.8, 4) is 5.75 Å². The number of hydrogen-bond donors (Lipinski definition) is 0. The number of carbonyl (C=O) groups is 2. The molecule has 0 aliphatic carbocycles. The number of halogens is 2. The van der Waals surface area contributed by atoms with Gasteiger partial charge < -0.3 is 13.9 Å². The maximum Gasteiger partial charge on any atom is 0.347 e. The lowest BCUT2D eigenvalue weighted by Gasteiger charge is -2.10. The van der Waals surface area contributed by atoms with Crippen LogP contribution in [0.15, 0.2) is 22.6 Å². The van der Waals surface area contributed by atoms with Gasteiger partial charge in [-0.3, -0.25) is 4.79 Å². The lowest BCUT2D eigenvalue weighted by atomic mass is 10.0. The molecule has 2 aromatic rings. The summed E-state index contributed by atoms with van der Waals surface area (Å²) in [6.45, 7) is 1.74. The summed E-state index contributed by atoms with van der Waals surface area (Å²) in [5.41, 5.74) is 0.834. The van der Waals surface area contributed by atoms with E-state index in [9.17, 15) is 9.59 Å². The second-order valence-electron chi connectivity index (χ2n) is 5.11. The average Bonchev–Trinajstić information content (AvgIpc) is 3.15. The van der Waals surface area contributed by atoms with Crippen molar-refractivity contribution in [1.29, 1.82) is 0 Å². The van der Waals surface area contributed by atoms with Gasteiger partial charge in [-0.1, -0.05) is 23.2 Å². The van der Waals surface area contributed by atoms with E-state index in [0.29, 0.717) is 17.1 Å². The number of rotatable bonds is 3. The molecule has 0 spiro atoms. The van der Waals surface area contributed by atoms with E-state index in [2.05, 4.69) is 4.74 Å². The van der Waals surface area contributed by atoms with Crippen molar-refractivity contribution in [2.45, 2.75) is 19.4 Å². The first-order valence-corrected chi connectivity index (χ1v) is 7.54. The standard InChI is InChI=1S/C16H12Cl2O5/c1-7-3-4-10(22-7)14(19)9-5-8-6-11(16(20)21-2)23-15(8)13(18)12(9)17/h3-5,11H,6H2,1-2H3. The van der Waals surface area contributed by atoms with Crippen LogP contribution in [0, 0.1) is 6.92 Å². The zero-order valence-electron chi connectivity index (χ0n) is 12.3. The molecule has 0 amide bonds. The third-order valence-electron chi connectivity index (χ3n) is 3.58. The molecule has 1 aliphatic rings. The molecular weight excluding hydrogens is 343 g/mol. The third-order valence-corrected chi connectivity index (χ3v) is 4.43. The van der Waals surface area contributed by atoms with Gasteiger partial charge in [-0.25, -0.2) is 4.79 Å². The Balaban J connectivity index is 2.01. The normalized spacial score (nSPS) is 15.9. The predicted molar refractivity (Wildman–Crippen MR) is 83.5 cm³/mol. The number of aryl methyl sites for hydroxylation is 1. The first-order valence-electron chi connectivity index (χ1n) is 6.79. The van der Waals surface area contributed by atoms with E-state index in [0.717, 1.165) is 0 Å². The topological polar surface area (TPSA) is 65.7 Å². The second kappa shape index (κ2) is 5.91. The van der Waals surface area contributed by atoms with E-state index in [-0.39, 0.29) is 33.6 Å². The number of furan rings is 1. The number of esters is 1. The Morgan fingerprint density at radius 3 is 2.61 bits per heavy atom. The Kier molecular flexibility index (Phi) is 4.08. The van der Waals surface area contributed by atoms with Crippen LogP contribution in [0.5, 0.6) is 5.75 Å². The zero-order chi connectivity index (χ0) is 16.7. The maximum atomic E-state index is 12.5. The Morgan fingerprint density at radius 1 is 1.26 bits per heavy atom. The van der Waals surface area contributed by atoms with Crippen molar-refractivity contribution in [2.75, 3.05) is 7.11 Å². The van der Waals surface area contributed by atoms with Gasteiger partial charge in [-0.15, -0.1) is 0 Å². The highest BCUT2D eigenvalue weighted by atomic mass is 35.5. The highest BCUT2D eigenvalue weighted by Crippen LogP contribution is 2.43. The van der Waals surface area contributed by atoms with E-state index >= 15 is 0 Å². The first kappa shape index (κ1) is 15.9. The minimum absolute atomic E-state index is 0.0648. The molecule has 1 atom stereocenters. The molecule has 1 unspecified atom stereocenters. The highest BCUT2D eigenvalue weighted by molar-refractivity contribution is 6.45. The van der Waals surface area contributed by atoms with Crippen molar-refractivity contribution < 1.29 is 23.5 Å². The number of carbonyl (C=O) groups excluding carboxylic acids is 2. The zero-order valence-corrected chi connectivity index (χ0v) is 13.8. The lowest BCUT2D eigenvalue weighted by Crippen LogP contribution is -2.26. The van der Waals surface area contributed by atoms with E-state index in [1.54, 1.807) is 25.1 Å². The van der Waals surface area contributed by atoms with Crippen LogP contribution in [0.2, 0.25) is 10.0 Å². The summed E-state index contributed by atoms with van der Waals surface area (Å²) in [6.07, 6.45) is -0.532.